The minimum absolute atomic E-state index is 0.226. The number of imidazole rings is 1. The van der Waals surface area contributed by atoms with Gasteiger partial charge >= 0.3 is 0 Å². The third-order valence-corrected chi connectivity index (χ3v) is 2.86. The number of aromatic nitrogens is 2. The third kappa shape index (κ3) is 2.33. The summed E-state index contributed by atoms with van der Waals surface area (Å²) in [6.07, 6.45) is 5.74. The summed E-state index contributed by atoms with van der Waals surface area (Å²) in [6, 6.07) is 0. The van der Waals surface area contributed by atoms with Gasteiger partial charge in [-0.2, -0.15) is 0 Å². The molecule has 0 atom stereocenters. The molecule has 0 saturated carbocycles. The quantitative estimate of drug-likeness (QED) is 0.758. The van der Waals surface area contributed by atoms with E-state index in [1.807, 2.05) is 6.20 Å². The monoisotopic (exact) mass is 195 g/mol. The number of nitrogens with zero attached hydrogens (tertiary/aromatic N) is 1. The van der Waals surface area contributed by atoms with Crippen LogP contribution in [0.25, 0.3) is 0 Å². The number of H-pyrrole nitrogens is 1. The van der Waals surface area contributed by atoms with Gasteiger partial charge in [0.2, 0.25) is 0 Å². The van der Waals surface area contributed by atoms with Gasteiger partial charge in [0.15, 0.2) is 0 Å². The van der Waals surface area contributed by atoms with Crippen molar-refractivity contribution in [1.82, 2.24) is 15.3 Å². The van der Waals surface area contributed by atoms with E-state index in [4.69, 9.17) is 4.74 Å². The van der Waals surface area contributed by atoms with Crippen molar-refractivity contribution < 1.29 is 4.74 Å². The van der Waals surface area contributed by atoms with Crippen LogP contribution in [-0.2, 0) is 11.3 Å². The molecule has 4 nitrogen and oxygen atoms in total. The Kier molecular flexibility index (Phi) is 2.84. The molecule has 0 aliphatic carbocycles. The topological polar surface area (TPSA) is 49.9 Å². The number of rotatable bonds is 3. The Morgan fingerprint density at radius 2 is 2.36 bits per heavy atom. The molecule has 2 N–H and O–H groups in total. The summed E-state index contributed by atoms with van der Waals surface area (Å²) in [5.74, 6) is 0. The van der Waals surface area contributed by atoms with Crippen LogP contribution in [0.5, 0.6) is 0 Å². The molecule has 0 radical (unpaired) electrons. The zero-order valence-electron chi connectivity index (χ0n) is 8.55. The number of hydrogen-bond acceptors (Lipinski definition) is 3. The minimum Gasteiger partial charge on any atom is -0.381 e. The van der Waals surface area contributed by atoms with Crippen LogP contribution >= 0.6 is 0 Å². The fourth-order valence-corrected chi connectivity index (χ4v) is 1.69. The van der Waals surface area contributed by atoms with E-state index in [1.54, 1.807) is 6.33 Å². The lowest BCUT2D eigenvalue weighted by atomic mass is 9.92. The standard InChI is InChI=1S/C10H17N3O/c1-10(2-4-14-5-3-10)13-7-9-6-11-8-12-9/h6,8,13H,2-5,7H2,1H3,(H,11,12). The highest BCUT2D eigenvalue weighted by atomic mass is 16.5. The van der Waals surface area contributed by atoms with E-state index in [1.165, 1.54) is 0 Å². The van der Waals surface area contributed by atoms with Crippen molar-refractivity contribution >= 4 is 0 Å². The molecule has 0 unspecified atom stereocenters. The highest BCUT2D eigenvalue weighted by molar-refractivity contribution is 4.96. The molecular weight excluding hydrogens is 178 g/mol. The lowest BCUT2D eigenvalue weighted by molar-refractivity contribution is 0.0445. The van der Waals surface area contributed by atoms with Crippen molar-refractivity contribution in [3.63, 3.8) is 0 Å². The third-order valence-electron chi connectivity index (χ3n) is 2.86. The number of nitrogens with one attached hydrogen (secondary N) is 2. The molecule has 1 aromatic heterocycles. The van der Waals surface area contributed by atoms with E-state index in [0.717, 1.165) is 38.3 Å². The Hall–Kier alpha value is -0.870. The summed E-state index contributed by atoms with van der Waals surface area (Å²) in [6.45, 7) is 4.85. The average Bonchev–Trinajstić information content (AvgIpc) is 2.69. The van der Waals surface area contributed by atoms with E-state index in [9.17, 15) is 0 Å². The van der Waals surface area contributed by atoms with Gasteiger partial charge in [0.05, 0.1) is 6.33 Å². The fourth-order valence-electron chi connectivity index (χ4n) is 1.69. The van der Waals surface area contributed by atoms with Crippen LogP contribution in [0.3, 0.4) is 0 Å². The van der Waals surface area contributed by atoms with Gasteiger partial charge in [-0.15, -0.1) is 0 Å². The second-order valence-corrected chi connectivity index (χ2v) is 4.10. The fraction of sp³-hybridized carbons (Fsp3) is 0.700. The van der Waals surface area contributed by atoms with Crippen LogP contribution in [0.15, 0.2) is 12.5 Å². The Bertz CT molecular complexity index is 265. The maximum absolute atomic E-state index is 5.34. The first-order valence-electron chi connectivity index (χ1n) is 5.09. The zero-order valence-corrected chi connectivity index (χ0v) is 8.55. The van der Waals surface area contributed by atoms with Gasteiger partial charge in [0, 0.05) is 37.2 Å². The van der Waals surface area contributed by atoms with Crippen molar-refractivity contribution in [3.8, 4) is 0 Å². The van der Waals surface area contributed by atoms with Crippen molar-refractivity contribution in [1.29, 1.82) is 0 Å². The van der Waals surface area contributed by atoms with Crippen LogP contribution in [0, 0.1) is 0 Å². The molecule has 1 fully saturated rings. The normalized spacial score (nSPS) is 20.9. The van der Waals surface area contributed by atoms with E-state index in [-0.39, 0.29) is 5.54 Å². The molecule has 78 valence electrons. The van der Waals surface area contributed by atoms with Gasteiger partial charge in [0.25, 0.3) is 0 Å². The van der Waals surface area contributed by atoms with Crippen LogP contribution in [0.1, 0.15) is 25.5 Å². The molecular formula is C10H17N3O. The van der Waals surface area contributed by atoms with E-state index >= 15 is 0 Å². The number of hydrogen-bond donors (Lipinski definition) is 2. The molecule has 0 aromatic carbocycles. The Balaban J connectivity index is 1.84. The molecule has 0 bridgehead atoms. The van der Waals surface area contributed by atoms with Crippen molar-refractivity contribution in [2.45, 2.75) is 31.8 Å². The summed E-state index contributed by atoms with van der Waals surface area (Å²) in [5.41, 5.74) is 1.36. The van der Waals surface area contributed by atoms with Gasteiger partial charge in [-0.05, 0) is 19.8 Å². The van der Waals surface area contributed by atoms with Crippen molar-refractivity contribution in [3.05, 3.63) is 18.2 Å². The van der Waals surface area contributed by atoms with Gasteiger partial charge in [-0.1, -0.05) is 0 Å². The minimum atomic E-state index is 0.226. The molecule has 1 aromatic rings. The molecule has 0 spiro atoms. The first kappa shape index (κ1) is 9.68. The van der Waals surface area contributed by atoms with Crippen molar-refractivity contribution in [2.24, 2.45) is 0 Å². The number of ether oxygens (including phenoxy) is 1. The maximum atomic E-state index is 5.34. The second-order valence-electron chi connectivity index (χ2n) is 4.10. The lowest BCUT2D eigenvalue weighted by Crippen LogP contribution is -2.46. The predicted octanol–water partition coefficient (Wildman–Crippen LogP) is 1.07. The molecule has 1 saturated heterocycles. The second kappa shape index (κ2) is 4.11. The summed E-state index contributed by atoms with van der Waals surface area (Å²) in [4.78, 5) is 7.08. The molecule has 4 heteroatoms. The average molecular weight is 195 g/mol. The Labute approximate surface area is 84.1 Å². The Morgan fingerprint density at radius 1 is 1.57 bits per heavy atom. The summed E-state index contributed by atoms with van der Waals surface area (Å²) < 4.78 is 5.34. The predicted molar refractivity (Wildman–Crippen MR) is 53.9 cm³/mol. The van der Waals surface area contributed by atoms with Crippen LogP contribution < -0.4 is 5.32 Å². The first-order chi connectivity index (χ1) is 6.79. The summed E-state index contributed by atoms with van der Waals surface area (Å²) in [7, 11) is 0. The SMILES string of the molecule is CC1(NCc2cnc[nH]2)CCOCC1. The Morgan fingerprint density at radius 3 is 3.00 bits per heavy atom. The van der Waals surface area contributed by atoms with Crippen molar-refractivity contribution in [2.75, 3.05) is 13.2 Å². The summed E-state index contributed by atoms with van der Waals surface area (Å²) in [5, 5.41) is 3.55. The van der Waals surface area contributed by atoms with Crippen LogP contribution in [0.4, 0.5) is 0 Å². The zero-order chi connectivity index (χ0) is 9.86. The molecule has 2 rings (SSSR count). The van der Waals surface area contributed by atoms with Crippen LogP contribution in [0.2, 0.25) is 0 Å². The first-order valence-corrected chi connectivity index (χ1v) is 5.09. The van der Waals surface area contributed by atoms with E-state index < -0.39 is 0 Å². The molecule has 1 aliphatic rings. The molecule has 0 amide bonds. The molecule has 2 heterocycles. The van der Waals surface area contributed by atoms with E-state index in [0.29, 0.717) is 0 Å². The van der Waals surface area contributed by atoms with Gasteiger partial charge < -0.3 is 15.0 Å². The summed E-state index contributed by atoms with van der Waals surface area (Å²) >= 11 is 0. The number of aromatic amines is 1. The van der Waals surface area contributed by atoms with Gasteiger partial charge in [-0.25, -0.2) is 4.98 Å². The smallest absolute Gasteiger partial charge is 0.0922 e. The van der Waals surface area contributed by atoms with Crippen LogP contribution in [-0.4, -0.2) is 28.7 Å². The largest absolute Gasteiger partial charge is 0.381 e. The maximum Gasteiger partial charge on any atom is 0.0922 e. The molecule has 14 heavy (non-hydrogen) atoms. The van der Waals surface area contributed by atoms with Gasteiger partial charge in [0.1, 0.15) is 0 Å². The highest BCUT2D eigenvalue weighted by Gasteiger charge is 2.26. The highest BCUT2D eigenvalue weighted by Crippen LogP contribution is 2.19. The van der Waals surface area contributed by atoms with E-state index in [2.05, 4.69) is 22.2 Å². The van der Waals surface area contributed by atoms with Gasteiger partial charge in [-0.3, -0.25) is 0 Å². The lowest BCUT2D eigenvalue weighted by Gasteiger charge is -2.34. The molecule has 1 aliphatic heterocycles.